The smallest absolute Gasteiger partial charge is 0 e. The van der Waals surface area contributed by atoms with E-state index in [4.69, 9.17) is 0 Å². The number of hydrogen-bond acceptors (Lipinski definition) is 9. The van der Waals surface area contributed by atoms with Gasteiger partial charge < -0.3 is 128 Å². The average Bonchev–Trinajstić information content (AvgIpc) is 0. The Bertz CT molecular complexity index is 26.9. The fourth-order valence-electron chi connectivity index (χ4n) is 0. The van der Waals surface area contributed by atoms with E-state index in [-0.39, 0.29) is 268 Å². The topological polar surface area (TPSA) is 33.5 Å². The fourth-order valence-corrected chi connectivity index (χ4v) is 0. The zero-order chi connectivity index (χ0) is 0. The van der Waals surface area contributed by atoms with E-state index in [2.05, 4.69) is 0 Å². The van der Waals surface area contributed by atoms with Crippen LogP contribution in [0.2, 0.25) is 0 Å². The van der Waals surface area contributed by atoms with Crippen molar-refractivity contribution in [3.8, 4) is 0 Å². The maximum absolute atomic E-state index is 0. The van der Waals surface area contributed by atoms with Crippen molar-refractivity contribution in [3.63, 3.8) is 0 Å². The van der Waals surface area contributed by atoms with Crippen molar-refractivity contribution in [1.29, 1.82) is 0 Å². The Hall–Kier alpha value is 7.43. The van der Waals surface area contributed by atoms with Gasteiger partial charge in [-0.25, -0.2) is 0 Å². The molecule has 0 unspecified atom stereocenters. The van der Waals surface area contributed by atoms with Crippen molar-refractivity contribution >= 4 is 121 Å². The van der Waals surface area contributed by atoms with Gasteiger partial charge in [0.15, 0.2) is 0 Å². The Labute approximate surface area is 263 Å². The standard InChI is InChI=1S/7Fe.Mo.H2N.9H2S/h;;;;;;;;10*1H2/q;;;;;;;;-1;;;;;;;;;/p-9. The minimum Gasteiger partial charge on any atom is -0.813 e. The predicted octanol–water partition coefficient (Wildman–Crippen LogP) is -1.73. The molecule has 18 heteroatoms. The second kappa shape index (κ2) is 243. The van der Waals surface area contributed by atoms with Crippen molar-refractivity contribution in [2.24, 2.45) is 0 Å². The van der Waals surface area contributed by atoms with Crippen LogP contribution in [0.25, 0.3) is 6.15 Å². The largest absolute Gasteiger partial charge is 0.813 e. The number of rotatable bonds is 0. The van der Waals surface area contributed by atoms with E-state index in [1.807, 2.05) is 0 Å². The average molecular weight is 801 g/mol. The Morgan fingerprint density at radius 2 is 0.222 bits per heavy atom. The summed E-state index contributed by atoms with van der Waals surface area (Å²) in [5.41, 5.74) is 0. The first-order valence-corrected chi connectivity index (χ1v) is 0. The number of nitrogens with two attached hydrogens (primary N) is 1. The molecule has 0 rings (SSSR count). The Morgan fingerprint density at radius 1 is 0.222 bits per heavy atom. The summed E-state index contributed by atoms with van der Waals surface area (Å²) >= 11 is 0. The Kier molecular flexibility index (Phi) is 3710. The molecule has 0 saturated carbocycles. The number of hydrogen-bond donors (Lipinski definition) is 0. The van der Waals surface area contributed by atoms with Gasteiger partial charge in [0, 0.05) is 141 Å². The molecule has 0 aromatic heterocycles. The molecule has 0 fully saturated rings. The third kappa shape index (κ3) is 213. The van der Waals surface area contributed by atoms with Crippen molar-refractivity contribution < 1.29 is 141 Å². The summed E-state index contributed by atoms with van der Waals surface area (Å²) in [6, 6.07) is 0. The molecule has 142 valence electrons. The van der Waals surface area contributed by atoms with Gasteiger partial charge in [-0.05, 0) is 0 Å². The third-order valence-electron chi connectivity index (χ3n) is 0. The van der Waals surface area contributed by atoms with Gasteiger partial charge in [-0.1, -0.05) is 0 Å². The molecule has 0 atom stereocenters. The van der Waals surface area contributed by atoms with Crippen molar-refractivity contribution in [2.45, 2.75) is 0 Å². The van der Waals surface area contributed by atoms with E-state index in [9.17, 15) is 0 Å². The second-order valence-electron chi connectivity index (χ2n) is 0. The molecule has 18 heavy (non-hydrogen) atoms. The Balaban J connectivity index is 0. The quantitative estimate of drug-likeness (QED) is 0.162. The minimum absolute atomic E-state index is 0. The van der Waals surface area contributed by atoms with Gasteiger partial charge in [0.1, 0.15) is 0 Å². The summed E-state index contributed by atoms with van der Waals surface area (Å²) in [4.78, 5) is 0. The zero-order valence-electron chi connectivity index (χ0n) is 7.49. The van der Waals surface area contributed by atoms with E-state index < -0.39 is 0 Å². The molecule has 0 saturated heterocycles. The molecular weight excluding hydrogens is 789 g/mol. The van der Waals surface area contributed by atoms with Crippen LogP contribution < -0.4 is 0 Å². The predicted molar refractivity (Wildman–Crippen MR) is 84.1 cm³/mol. The fraction of sp³-hybridized carbons (Fsp3) is 0. The molecule has 0 aliphatic heterocycles. The minimum atomic E-state index is 0. The van der Waals surface area contributed by atoms with E-state index in [0.29, 0.717) is 0 Å². The summed E-state index contributed by atoms with van der Waals surface area (Å²) < 4.78 is 0. The molecule has 0 aliphatic rings. The zero-order valence-corrected chi connectivity index (χ0v) is 25.3. The van der Waals surface area contributed by atoms with Crippen molar-refractivity contribution in [3.05, 3.63) is 6.15 Å². The van der Waals surface area contributed by atoms with Crippen molar-refractivity contribution in [2.75, 3.05) is 0 Å². The van der Waals surface area contributed by atoms with Crippen molar-refractivity contribution in [1.82, 2.24) is 0 Å². The van der Waals surface area contributed by atoms with Crippen LogP contribution in [0, 0.1) is 0 Å². The summed E-state index contributed by atoms with van der Waals surface area (Å²) in [6.07, 6.45) is 0. The maximum atomic E-state index is 0. The SMILES string of the molecule is [Fe].[Fe].[Fe].[Fe].[Fe].[Fe].[Fe].[Mo].[NH2-].[SH-].[SH-].[SH-].[SH-].[SH-].[SH-].[SH-].[SH-].[SH-]. The van der Waals surface area contributed by atoms with Crippen LogP contribution >= 0.6 is 0 Å². The Morgan fingerprint density at radius 3 is 0.222 bits per heavy atom. The monoisotopic (exact) mass is 802 g/mol. The van der Waals surface area contributed by atoms with Gasteiger partial charge in [0.2, 0.25) is 0 Å². The maximum Gasteiger partial charge on any atom is 0 e. The van der Waals surface area contributed by atoms with Gasteiger partial charge in [-0.2, -0.15) is 0 Å². The van der Waals surface area contributed by atoms with Gasteiger partial charge in [-0.3, -0.25) is 0 Å². The van der Waals surface area contributed by atoms with Gasteiger partial charge >= 0.3 is 0 Å². The summed E-state index contributed by atoms with van der Waals surface area (Å²) in [5, 5.41) is 0. The summed E-state index contributed by atoms with van der Waals surface area (Å²) in [5.74, 6) is 0. The van der Waals surface area contributed by atoms with Crippen LogP contribution in [0.1, 0.15) is 0 Å². The third-order valence-corrected chi connectivity index (χ3v) is 0. The van der Waals surface area contributed by atoms with Crippen LogP contribution in [0.5, 0.6) is 0 Å². The molecule has 0 aromatic rings. The van der Waals surface area contributed by atoms with Crippen LogP contribution in [0.3, 0.4) is 0 Å². The van der Waals surface area contributed by atoms with E-state index >= 15 is 0 Å². The van der Waals surface area contributed by atoms with Gasteiger partial charge in [-0.15, -0.1) is 0 Å². The number of thiol groups is 9. The summed E-state index contributed by atoms with van der Waals surface area (Å²) in [6.45, 7) is 0. The normalized spacial score (nSPS) is 0. The molecule has 0 aromatic carbocycles. The molecule has 1 nitrogen and oxygen atoms in total. The van der Waals surface area contributed by atoms with E-state index in [0.717, 1.165) is 0 Å². The molecule has 0 amide bonds. The van der Waals surface area contributed by atoms with Crippen LogP contribution in [0.15, 0.2) is 0 Å². The molecule has 0 aliphatic carbocycles. The van der Waals surface area contributed by atoms with Gasteiger partial charge in [0.25, 0.3) is 0 Å². The molecular formula is H11Fe7MoNS9-10. The second-order valence-corrected chi connectivity index (χ2v) is 0. The first kappa shape index (κ1) is 275. The molecule has 0 radical (unpaired) electrons. The van der Waals surface area contributed by atoms with Gasteiger partial charge in [0.05, 0.1) is 0 Å². The van der Waals surface area contributed by atoms with E-state index in [1.54, 1.807) is 0 Å². The molecule has 2 N–H and O–H groups in total. The molecule has 0 bridgehead atoms. The summed E-state index contributed by atoms with van der Waals surface area (Å²) in [7, 11) is 0. The molecule has 0 heterocycles. The first-order chi connectivity index (χ1) is 0. The van der Waals surface area contributed by atoms with Crippen LogP contribution in [-0.2, 0) is 262 Å². The first-order valence-electron chi connectivity index (χ1n) is 0. The van der Waals surface area contributed by atoms with E-state index in [1.165, 1.54) is 0 Å². The molecule has 0 spiro atoms. The van der Waals surface area contributed by atoms with Crippen LogP contribution in [-0.4, -0.2) is 0 Å². The van der Waals surface area contributed by atoms with Crippen LogP contribution in [0.4, 0.5) is 0 Å².